The third-order valence-electron chi connectivity index (χ3n) is 5.09. The molecule has 2 rings (SSSR count). The Morgan fingerprint density at radius 2 is 2.12 bits per heavy atom. The molecule has 2 fully saturated rings. The van der Waals surface area contributed by atoms with Crippen LogP contribution in [0.1, 0.15) is 52.4 Å². The minimum atomic E-state index is 0.445. The molecule has 0 aromatic rings. The molecule has 2 aliphatic rings. The fourth-order valence-electron chi connectivity index (χ4n) is 3.91. The number of fused-ring (bicyclic) bond motifs is 2. The first kappa shape index (κ1) is 13.4. The van der Waals surface area contributed by atoms with Gasteiger partial charge in [0.2, 0.25) is 0 Å². The van der Waals surface area contributed by atoms with Gasteiger partial charge in [-0.15, -0.1) is 0 Å². The number of rotatable bonds is 7. The summed E-state index contributed by atoms with van der Waals surface area (Å²) in [6.45, 7) is 7.22. The number of nitrogens with two attached hydrogens (primary N) is 1. The summed E-state index contributed by atoms with van der Waals surface area (Å²) in [6.07, 6.45) is 8.09. The van der Waals surface area contributed by atoms with Gasteiger partial charge in [0, 0.05) is 13.2 Å². The molecule has 0 saturated heterocycles. The summed E-state index contributed by atoms with van der Waals surface area (Å²) in [5.41, 5.74) is 6.51. The van der Waals surface area contributed by atoms with Crippen molar-refractivity contribution in [3.05, 3.63) is 0 Å². The Kier molecular flexibility index (Phi) is 4.48. The first-order valence-corrected chi connectivity index (χ1v) is 7.44. The van der Waals surface area contributed by atoms with Crippen LogP contribution in [0.4, 0.5) is 0 Å². The van der Waals surface area contributed by atoms with E-state index in [1.165, 1.54) is 38.5 Å². The van der Waals surface area contributed by atoms with Crippen LogP contribution in [0.15, 0.2) is 0 Å². The smallest absolute Gasteiger partial charge is 0.0471 e. The highest BCUT2D eigenvalue weighted by molar-refractivity contribution is 5.00. The predicted molar refractivity (Wildman–Crippen MR) is 71.8 cm³/mol. The van der Waals surface area contributed by atoms with Gasteiger partial charge in [-0.3, -0.25) is 0 Å². The normalized spacial score (nSPS) is 36.0. The number of hydrogen-bond donors (Lipinski definition) is 1. The van der Waals surface area contributed by atoms with Crippen molar-refractivity contribution in [1.29, 1.82) is 0 Å². The van der Waals surface area contributed by atoms with Crippen molar-refractivity contribution in [1.82, 2.24) is 0 Å². The van der Waals surface area contributed by atoms with E-state index >= 15 is 0 Å². The molecule has 17 heavy (non-hydrogen) atoms. The summed E-state index contributed by atoms with van der Waals surface area (Å²) in [7, 11) is 0. The van der Waals surface area contributed by atoms with E-state index in [2.05, 4.69) is 13.8 Å². The summed E-state index contributed by atoms with van der Waals surface area (Å²) in [4.78, 5) is 0. The molecule has 0 aliphatic heterocycles. The van der Waals surface area contributed by atoms with Crippen molar-refractivity contribution in [3.63, 3.8) is 0 Å². The predicted octanol–water partition coefficient (Wildman–Crippen LogP) is 3.20. The standard InChI is InChI=1S/C15H29NO/c1-12(2)5-7-17-8-6-15(11-16)10-13-3-4-14(15)9-13/h12-14H,3-11,16H2,1-2H3. The van der Waals surface area contributed by atoms with Crippen LogP contribution in [0.25, 0.3) is 0 Å². The molecule has 2 nitrogen and oxygen atoms in total. The molecular weight excluding hydrogens is 210 g/mol. The molecule has 0 spiro atoms. The second-order valence-electron chi connectivity index (χ2n) is 6.69. The second kappa shape index (κ2) is 5.71. The Hall–Kier alpha value is -0.0800. The van der Waals surface area contributed by atoms with Crippen molar-refractivity contribution in [3.8, 4) is 0 Å². The van der Waals surface area contributed by atoms with Crippen molar-refractivity contribution in [2.45, 2.75) is 52.4 Å². The van der Waals surface area contributed by atoms with Gasteiger partial charge in [0.1, 0.15) is 0 Å². The maximum absolute atomic E-state index is 6.06. The van der Waals surface area contributed by atoms with Gasteiger partial charge in [0.15, 0.2) is 0 Å². The second-order valence-corrected chi connectivity index (χ2v) is 6.69. The van der Waals surface area contributed by atoms with Gasteiger partial charge < -0.3 is 10.5 Å². The van der Waals surface area contributed by atoms with Gasteiger partial charge in [-0.1, -0.05) is 20.3 Å². The minimum absolute atomic E-state index is 0.445. The summed E-state index contributed by atoms with van der Waals surface area (Å²) in [6, 6.07) is 0. The largest absolute Gasteiger partial charge is 0.381 e. The summed E-state index contributed by atoms with van der Waals surface area (Å²) < 4.78 is 5.79. The molecule has 0 radical (unpaired) electrons. The van der Waals surface area contributed by atoms with Gasteiger partial charge in [-0.2, -0.15) is 0 Å². The third kappa shape index (κ3) is 3.03. The lowest BCUT2D eigenvalue weighted by atomic mass is 9.71. The van der Waals surface area contributed by atoms with Crippen molar-refractivity contribution in [2.75, 3.05) is 19.8 Å². The average molecular weight is 239 g/mol. The average Bonchev–Trinajstić information content (AvgIpc) is 2.88. The molecule has 2 N–H and O–H groups in total. The van der Waals surface area contributed by atoms with Crippen LogP contribution in [0.3, 0.4) is 0 Å². The lowest BCUT2D eigenvalue weighted by Crippen LogP contribution is -2.37. The topological polar surface area (TPSA) is 35.2 Å². The highest BCUT2D eigenvalue weighted by Crippen LogP contribution is 2.57. The molecule has 0 amide bonds. The van der Waals surface area contributed by atoms with Crippen LogP contribution < -0.4 is 5.73 Å². The van der Waals surface area contributed by atoms with E-state index in [4.69, 9.17) is 10.5 Å². The van der Waals surface area contributed by atoms with E-state index in [0.29, 0.717) is 5.41 Å². The first-order valence-electron chi connectivity index (χ1n) is 7.44. The van der Waals surface area contributed by atoms with Gasteiger partial charge in [-0.25, -0.2) is 0 Å². The molecule has 0 aromatic heterocycles. The molecule has 2 saturated carbocycles. The van der Waals surface area contributed by atoms with E-state index < -0.39 is 0 Å². The zero-order valence-corrected chi connectivity index (χ0v) is 11.6. The van der Waals surface area contributed by atoms with E-state index in [9.17, 15) is 0 Å². The molecule has 100 valence electrons. The van der Waals surface area contributed by atoms with Crippen LogP contribution >= 0.6 is 0 Å². The molecule has 3 atom stereocenters. The zero-order chi connectivity index (χ0) is 12.3. The van der Waals surface area contributed by atoms with Crippen LogP contribution in [-0.2, 0) is 4.74 Å². The molecule has 2 aliphatic carbocycles. The van der Waals surface area contributed by atoms with Crippen LogP contribution in [0.2, 0.25) is 0 Å². The summed E-state index contributed by atoms with van der Waals surface area (Å²) >= 11 is 0. The third-order valence-corrected chi connectivity index (χ3v) is 5.09. The zero-order valence-electron chi connectivity index (χ0n) is 11.6. The highest BCUT2D eigenvalue weighted by atomic mass is 16.5. The molecule has 0 heterocycles. The van der Waals surface area contributed by atoms with Crippen molar-refractivity contribution in [2.24, 2.45) is 28.9 Å². The summed E-state index contributed by atoms with van der Waals surface area (Å²) in [5.74, 6) is 2.64. The highest BCUT2D eigenvalue weighted by Gasteiger charge is 2.49. The fraction of sp³-hybridized carbons (Fsp3) is 1.00. The molecule has 2 heteroatoms. The van der Waals surface area contributed by atoms with E-state index in [0.717, 1.165) is 37.5 Å². The fourth-order valence-corrected chi connectivity index (χ4v) is 3.91. The summed E-state index contributed by atoms with van der Waals surface area (Å²) in [5, 5.41) is 0. The van der Waals surface area contributed by atoms with Gasteiger partial charge in [-0.05, 0) is 61.8 Å². The van der Waals surface area contributed by atoms with E-state index in [1.807, 2.05) is 0 Å². The first-order chi connectivity index (χ1) is 8.16. The molecule has 3 unspecified atom stereocenters. The molecule has 2 bridgehead atoms. The Bertz CT molecular complexity index is 241. The maximum atomic E-state index is 6.06. The number of ether oxygens (including phenoxy) is 1. The van der Waals surface area contributed by atoms with Gasteiger partial charge in [0.25, 0.3) is 0 Å². The quantitative estimate of drug-likeness (QED) is 0.692. The van der Waals surface area contributed by atoms with Crippen LogP contribution in [0, 0.1) is 23.2 Å². The molecular formula is C15H29NO. The van der Waals surface area contributed by atoms with E-state index in [1.54, 1.807) is 0 Å². The number of hydrogen-bond acceptors (Lipinski definition) is 2. The minimum Gasteiger partial charge on any atom is -0.381 e. The van der Waals surface area contributed by atoms with Crippen LogP contribution in [0.5, 0.6) is 0 Å². The van der Waals surface area contributed by atoms with Crippen LogP contribution in [-0.4, -0.2) is 19.8 Å². The van der Waals surface area contributed by atoms with E-state index in [-0.39, 0.29) is 0 Å². The lowest BCUT2D eigenvalue weighted by molar-refractivity contribution is 0.0635. The van der Waals surface area contributed by atoms with Gasteiger partial charge in [0.05, 0.1) is 0 Å². The Morgan fingerprint density at radius 1 is 1.29 bits per heavy atom. The van der Waals surface area contributed by atoms with Crippen molar-refractivity contribution < 1.29 is 4.74 Å². The molecule has 0 aromatic carbocycles. The Morgan fingerprint density at radius 3 is 2.65 bits per heavy atom. The Balaban J connectivity index is 1.70. The SMILES string of the molecule is CC(C)CCOCCC1(CN)CC2CCC1C2. The lowest BCUT2D eigenvalue weighted by Gasteiger charge is -2.36. The monoisotopic (exact) mass is 239 g/mol. The van der Waals surface area contributed by atoms with Crippen molar-refractivity contribution >= 4 is 0 Å². The van der Waals surface area contributed by atoms with Gasteiger partial charge >= 0.3 is 0 Å². The Labute approximate surface area is 106 Å². The maximum Gasteiger partial charge on any atom is 0.0471 e.